The van der Waals surface area contributed by atoms with Gasteiger partial charge in [0.25, 0.3) is 0 Å². The highest BCUT2D eigenvalue weighted by Gasteiger charge is 2.56. The average Bonchev–Trinajstić information content (AvgIpc) is 3.03. The molecule has 12 nitrogen and oxygen atoms in total. The molecule has 2 aromatic rings. The van der Waals surface area contributed by atoms with Gasteiger partial charge in [-0.1, -0.05) is 48.6 Å². The van der Waals surface area contributed by atoms with Crippen LogP contribution in [0.2, 0.25) is 0 Å². The number of hydrogen-bond donors (Lipinski definition) is 0. The van der Waals surface area contributed by atoms with Gasteiger partial charge in [-0.05, 0) is 17.7 Å². The van der Waals surface area contributed by atoms with Crippen molar-refractivity contribution in [2.24, 2.45) is 5.92 Å². The largest absolute Gasteiger partial charge is 0.497 e. The Bertz CT molecular complexity index is 1670. The normalized spacial score (nSPS) is 26.4. The predicted molar refractivity (Wildman–Crippen MR) is 162 cm³/mol. The molecule has 3 aliphatic rings. The van der Waals surface area contributed by atoms with Gasteiger partial charge in [0.15, 0.2) is 29.9 Å². The number of carbonyl (C=O) groups excluding carboxylic acids is 6. The lowest BCUT2D eigenvalue weighted by Gasteiger charge is -2.47. The van der Waals surface area contributed by atoms with Crippen LogP contribution in [0, 0.1) is 5.92 Å². The van der Waals surface area contributed by atoms with Gasteiger partial charge in [0.1, 0.15) is 24.6 Å². The molecule has 246 valence electrons. The summed E-state index contributed by atoms with van der Waals surface area (Å²) >= 11 is 0. The van der Waals surface area contributed by atoms with E-state index in [0.717, 1.165) is 26.3 Å². The third kappa shape index (κ3) is 6.73. The first-order chi connectivity index (χ1) is 22.4. The van der Waals surface area contributed by atoms with Crippen molar-refractivity contribution in [2.75, 3.05) is 13.7 Å². The van der Waals surface area contributed by atoms with E-state index in [0.29, 0.717) is 5.75 Å². The number of carbonyl (C=O) groups is 6. The number of allylic oxidation sites excluding steroid dienone is 2. The Hall–Kier alpha value is -5.10. The molecule has 1 saturated heterocycles. The molecule has 0 bridgehead atoms. The van der Waals surface area contributed by atoms with E-state index in [1.165, 1.54) is 14.0 Å². The van der Waals surface area contributed by atoms with E-state index < -0.39 is 78.6 Å². The maximum Gasteiger partial charge on any atom is 0.303 e. The van der Waals surface area contributed by atoms with Crippen LogP contribution in [-0.4, -0.2) is 79.7 Å². The van der Waals surface area contributed by atoms with Crippen molar-refractivity contribution in [1.82, 2.24) is 0 Å². The zero-order valence-electron chi connectivity index (χ0n) is 26.4. The summed E-state index contributed by atoms with van der Waals surface area (Å²) < 4.78 is 33.7. The van der Waals surface area contributed by atoms with Crippen LogP contribution in [0.5, 0.6) is 5.75 Å². The molecule has 1 heterocycles. The van der Waals surface area contributed by atoms with Gasteiger partial charge in [0.05, 0.1) is 7.11 Å². The summed E-state index contributed by atoms with van der Waals surface area (Å²) in [5.74, 6) is -4.84. The number of methoxy groups -OCH3 is 1. The van der Waals surface area contributed by atoms with Gasteiger partial charge in [0.2, 0.25) is 0 Å². The molecule has 0 aromatic heterocycles. The van der Waals surface area contributed by atoms with Gasteiger partial charge in [-0.25, -0.2) is 0 Å². The van der Waals surface area contributed by atoms with E-state index in [1.54, 1.807) is 60.7 Å². The third-order valence-corrected chi connectivity index (χ3v) is 8.21. The van der Waals surface area contributed by atoms with Crippen molar-refractivity contribution in [1.29, 1.82) is 0 Å². The zero-order chi connectivity index (χ0) is 34.0. The highest BCUT2D eigenvalue weighted by molar-refractivity contribution is 6.28. The number of ether oxygens (including phenoxy) is 6. The molecule has 7 atom stereocenters. The van der Waals surface area contributed by atoms with Crippen molar-refractivity contribution < 1.29 is 57.2 Å². The first-order valence-electron chi connectivity index (χ1n) is 15.0. The van der Waals surface area contributed by atoms with Crippen molar-refractivity contribution in [3.8, 4) is 5.75 Å². The SMILES string of the molecule is COc1ccc(C2C=CC([C@@H]3O[C@H](COC(C)=O)[C@@H](OC(C)=O)[C@H](OC(C)=O)[C@H]3OC(C)=O)C3=C2C(=O)c2ccccc2C3=O)cc1. The van der Waals surface area contributed by atoms with Crippen LogP contribution in [0.1, 0.15) is 59.9 Å². The fourth-order valence-electron chi connectivity index (χ4n) is 6.39. The topological polar surface area (TPSA) is 158 Å². The van der Waals surface area contributed by atoms with Crippen LogP contribution in [0.3, 0.4) is 0 Å². The molecule has 2 aromatic carbocycles. The molecular formula is C35H34O12. The average molecular weight is 647 g/mol. The van der Waals surface area contributed by atoms with Gasteiger partial charge < -0.3 is 28.4 Å². The summed E-state index contributed by atoms with van der Waals surface area (Å²) in [4.78, 5) is 77.5. The number of ketones is 2. The quantitative estimate of drug-likeness (QED) is 0.234. The fourth-order valence-corrected chi connectivity index (χ4v) is 6.39. The highest BCUT2D eigenvalue weighted by atomic mass is 16.7. The van der Waals surface area contributed by atoms with Crippen LogP contribution in [0.15, 0.2) is 71.8 Å². The molecule has 0 amide bonds. The minimum absolute atomic E-state index is 0.109. The van der Waals surface area contributed by atoms with E-state index >= 15 is 0 Å². The predicted octanol–water partition coefficient (Wildman–Crippen LogP) is 3.47. The Labute approximate surface area is 270 Å². The summed E-state index contributed by atoms with van der Waals surface area (Å²) in [6.07, 6.45) is -3.26. The number of esters is 4. The molecule has 2 unspecified atom stereocenters. The Morgan fingerprint density at radius 3 is 1.79 bits per heavy atom. The molecule has 0 N–H and O–H groups in total. The number of rotatable bonds is 8. The molecular weight excluding hydrogens is 612 g/mol. The molecule has 5 rings (SSSR count). The molecule has 1 fully saturated rings. The maximum absolute atomic E-state index is 14.4. The summed E-state index contributed by atoms with van der Waals surface area (Å²) in [6, 6.07) is 13.6. The Balaban J connectivity index is 1.69. The fraction of sp³-hybridized carbons (Fsp3) is 0.371. The molecule has 0 radical (unpaired) electrons. The Morgan fingerprint density at radius 2 is 1.23 bits per heavy atom. The number of Topliss-reactive ketones (excluding diaryl/α,β-unsaturated/α-hetero) is 2. The summed E-state index contributed by atoms with van der Waals surface area (Å²) in [7, 11) is 1.54. The molecule has 12 heteroatoms. The molecule has 0 spiro atoms. The lowest BCUT2D eigenvalue weighted by Crippen LogP contribution is -2.64. The maximum atomic E-state index is 14.4. The van der Waals surface area contributed by atoms with Crippen LogP contribution < -0.4 is 4.74 Å². The molecule has 0 saturated carbocycles. The van der Waals surface area contributed by atoms with Crippen LogP contribution >= 0.6 is 0 Å². The highest BCUT2D eigenvalue weighted by Crippen LogP contribution is 2.46. The minimum Gasteiger partial charge on any atom is -0.497 e. The van der Waals surface area contributed by atoms with Crippen LogP contribution in [0.25, 0.3) is 0 Å². The second-order valence-electron chi connectivity index (χ2n) is 11.4. The Morgan fingerprint density at radius 1 is 0.681 bits per heavy atom. The van der Waals surface area contributed by atoms with E-state index in [9.17, 15) is 28.8 Å². The number of fused-ring (bicyclic) bond motifs is 1. The van der Waals surface area contributed by atoms with Gasteiger partial charge in [-0.15, -0.1) is 0 Å². The van der Waals surface area contributed by atoms with Crippen molar-refractivity contribution in [2.45, 2.75) is 64.1 Å². The first kappa shape index (κ1) is 33.3. The van der Waals surface area contributed by atoms with Crippen molar-refractivity contribution in [3.63, 3.8) is 0 Å². The first-order valence-corrected chi connectivity index (χ1v) is 15.0. The smallest absolute Gasteiger partial charge is 0.303 e. The second kappa shape index (κ2) is 13.7. The van der Waals surface area contributed by atoms with E-state index in [-0.39, 0.29) is 28.1 Å². The Kier molecular flexibility index (Phi) is 9.71. The summed E-state index contributed by atoms with van der Waals surface area (Å²) in [5.41, 5.74) is 1.47. The van der Waals surface area contributed by atoms with Crippen LogP contribution in [0.4, 0.5) is 0 Å². The van der Waals surface area contributed by atoms with E-state index in [4.69, 9.17) is 28.4 Å². The van der Waals surface area contributed by atoms with E-state index in [2.05, 4.69) is 0 Å². The second-order valence-corrected chi connectivity index (χ2v) is 11.4. The third-order valence-electron chi connectivity index (χ3n) is 8.21. The van der Waals surface area contributed by atoms with Gasteiger partial charge >= 0.3 is 23.9 Å². The molecule has 47 heavy (non-hydrogen) atoms. The van der Waals surface area contributed by atoms with Crippen molar-refractivity contribution >= 4 is 35.4 Å². The monoisotopic (exact) mass is 646 g/mol. The van der Waals surface area contributed by atoms with Gasteiger partial charge in [-0.3, -0.25) is 28.8 Å². The molecule has 2 aliphatic carbocycles. The van der Waals surface area contributed by atoms with E-state index in [1.807, 2.05) is 0 Å². The summed E-state index contributed by atoms with van der Waals surface area (Å²) in [6.45, 7) is 4.14. The lowest BCUT2D eigenvalue weighted by molar-refractivity contribution is -0.256. The number of benzene rings is 2. The minimum atomic E-state index is -1.43. The lowest BCUT2D eigenvalue weighted by atomic mass is 9.67. The van der Waals surface area contributed by atoms with Gasteiger partial charge in [0, 0.05) is 61.8 Å². The standard InChI is InChI=1S/C35H34O12/c1-17(36)43-16-27-33(44-18(2)37)35(46-20(4)39)34(45-19(3)38)32(47-27)26-15-14-23(21-10-12-22(42-5)13-11-21)28-29(26)31(41)25-9-7-6-8-24(25)30(28)40/h6-15,23,26-27,32-35H,16H2,1-5H3/t23?,26?,27-,32+,33-,34+,35+/m1/s1. The summed E-state index contributed by atoms with van der Waals surface area (Å²) in [5, 5.41) is 0. The van der Waals surface area contributed by atoms with Crippen LogP contribution in [-0.2, 0) is 42.9 Å². The van der Waals surface area contributed by atoms with Gasteiger partial charge in [-0.2, -0.15) is 0 Å². The number of hydrogen-bond acceptors (Lipinski definition) is 12. The van der Waals surface area contributed by atoms with Crippen molar-refractivity contribution in [3.05, 3.63) is 88.5 Å². The molecule has 1 aliphatic heterocycles. The zero-order valence-corrected chi connectivity index (χ0v) is 26.4.